The molecule has 1 aliphatic heterocycles. The van der Waals surface area contributed by atoms with Crippen LogP contribution in [0.2, 0.25) is 0 Å². The molecule has 27 heavy (non-hydrogen) atoms. The van der Waals surface area contributed by atoms with Gasteiger partial charge >= 0.3 is 0 Å². The first-order chi connectivity index (χ1) is 12.9. The Kier molecular flexibility index (Phi) is 4.60. The molecule has 0 spiro atoms. The fourth-order valence-electron chi connectivity index (χ4n) is 3.80. The molecule has 6 heteroatoms. The monoisotopic (exact) mass is 384 g/mol. The summed E-state index contributed by atoms with van der Waals surface area (Å²) >= 11 is 0. The Morgan fingerprint density at radius 1 is 1.15 bits per heavy atom. The lowest BCUT2D eigenvalue weighted by Crippen LogP contribution is -2.13. The molecule has 2 heterocycles. The van der Waals surface area contributed by atoms with E-state index in [0.717, 1.165) is 28.1 Å². The zero-order valence-electron chi connectivity index (χ0n) is 15.1. The summed E-state index contributed by atoms with van der Waals surface area (Å²) in [5.41, 5.74) is 4.15. The molecule has 0 saturated carbocycles. The van der Waals surface area contributed by atoms with Crippen LogP contribution in [0.15, 0.2) is 54.9 Å². The number of hydrogen-bond acceptors (Lipinski definition) is 3. The Hall–Kier alpha value is -2.47. The van der Waals surface area contributed by atoms with Gasteiger partial charge in [0, 0.05) is 17.7 Å². The Morgan fingerprint density at radius 3 is 2.59 bits per heavy atom. The summed E-state index contributed by atoms with van der Waals surface area (Å²) in [5.74, 6) is 0.209. The summed E-state index contributed by atoms with van der Waals surface area (Å²) in [6.07, 6.45) is 2.39. The minimum Gasteiger partial charge on any atom is -0.330 e. The quantitative estimate of drug-likeness (QED) is 0.680. The number of imidazole rings is 1. The molecular weight excluding hydrogens is 363 g/mol. The van der Waals surface area contributed by atoms with Gasteiger partial charge in [-0.2, -0.15) is 0 Å². The van der Waals surface area contributed by atoms with Crippen molar-refractivity contribution < 1.29 is 12.8 Å². The van der Waals surface area contributed by atoms with Crippen LogP contribution in [0.25, 0.3) is 22.5 Å². The molecule has 2 aromatic carbocycles. The second-order valence-corrected chi connectivity index (χ2v) is 9.48. The van der Waals surface area contributed by atoms with E-state index in [-0.39, 0.29) is 23.2 Å². The summed E-state index contributed by atoms with van der Waals surface area (Å²) in [7, 11) is -2.95. The maximum Gasteiger partial charge on any atom is 0.150 e. The van der Waals surface area contributed by atoms with Crippen LogP contribution in [0.5, 0.6) is 0 Å². The first-order valence-electron chi connectivity index (χ1n) is 9.00. The molecule has 1 fully saturated rings. The molecule has 1 atom stereocenters. The Labute approximate surface area is 158 Å². The van der Waals surface area contributed by atoms with E-state index >= 15 is 0 Å². The van der Waals surface area contributed by atoms with Gasteiger partial charge in [-0.15, -0.1) is 0 Å². The first-order valence-corrected chi connectivity index (χ1v) is 10.8. The lowest BCUT2D eigenvalue weighted by Gasteiger charge is -2.14. The summed E-state index contributed by atoms with van der Waals surface area (Å²) in [6, 6.07) is 14.7. The fourth-order valence-corrected chi connectivity index (χ4v) is 5.65. The molecule has 4 rings (SSSR count). The average molecular weight is 384 g/mol. The van der Waals surface area contributed by atoms with Crippen molar-refractivity contribution in [1.29, 1.82) is 0 Å². The SMILES string of the molecule is Cc1cc(F)cc(-c2c(-c3ccccc3)ncn2C[C@@H]2CCS(=O)(=O)C2)c1. The summed E-state index contributed by atoms with van der Waals surface area (Å²) in [5, 5.41) is 0. The van der Waals surface area contributed by atoms with Crippen molar-refractivity contribution in [1.82, 2.24) is 9.55 Å². The summed E-state index contributed by atoms with van der Waals surface area (Å²) < 4.78 is 39.7. The molecule has 1 aliphatic rings. The van der Waals surface area contributed by atoms with Gasteiger partial charge in [-0.05, 0) is 43.0 Å². The van der Waals surface area contributed by atoms with Gasteiger partial charge in [-0.3, -0.25) is 0 Å². The van der Waals surface area contributed by atoms with E-state index in [1.54, 1.807) is 6.33 Å². The smallest absolute Gasteiger partial charge is 0.150 e. The number of aromatic nitrogens is 2. The van der Waals surface area contributed by atoms with Gasteiger partial charge in [0.05, 0.1) is 29.2 Å². The molecule has 0 amide bonds. The highest BCUT2D eigenvalue weighted by atomic mass is 32.2. The van der Waals surface area contributed by atoms with E-state index < -0.39 is 9.84 Å². The number of hydrogen-bond donors (Lipinski definition) is 0. The second kappa shape index (κ2) is 6.93. The minimum absolute atomic E-state index is 0.0567. The Bertz CT molecular complexity index is 1050. The van der Waals surface area contributed by atoms with Gasteiger partial charge in [-0.25, -0.2) is 17.8 Å². The van der Waals surface area contributed by atoms with Crippen molar-refractivity contribution in [2.45, 2.75) is 19.9 Å². The first kappa shape index (κ1) is 17.9. The van der Waals surface area contributed by atoms with Gasteiger partial charge in [0.25, 0.3) is 0 Å². The number of nitrogens with zero attached hydrogens (tertiary/aromatic N) is 2. The summed E-state index contributed by atoms with van der Waals surface area (Å²) in [4.78, 5) is 4.59. The average Bonchev–Trinajstić information content (AvgIpc) is 3.18. The standard InChI is InChI=1S/C21H21FN2O2S/c1-15-9-18(11-19(22)10-15)21-20(17-5-3-2-4-6-17)23-14-24(21)12-16-7-8-27(25,26)13-16/h2-6,9-11,14,16H,7-8,12-13H2,1H3/t16-/m0/s1. The van der Waals surface area contributed by atoms with E-state index in [0.29, 0.717) is 13.0 Å². The van der Waals surface area contributed by atoms with E-state index in [4.69, 9.17) is 0 Å². The maximum absolute atomic E-state index is 14.1. The number of benzene rings is 2. The highest BCUT2D eigenvalue weighted by molar-refractivity contribution is 7.91. The highest BCUT2D eigenvalue weighted by Gasteiger charge is 2.29. The molecule has 0 unspecified atom stereocenters. The Morgan fingerprint density at radius 2 is 1.93 bits per heavy atom. The third-order valence-electron chi connectivity index (χ3n) is 4.98. The van der Waals surface area contributed by atoms with Crippen LogP contribution in [0.4, 0.5) is 4.39 Å². The van der Waals surface area contributed by atoms with E-state index in [1.165, 1.54) is 12.1 Å². The van der Waals surface area contributed by atoms with Crippen LogP contribution >= 0.6 is 0 Å². The third kappa shape index (κ3) is 3.81. The van der Waals surface area contributed by atoms with Crippen LogP contribution in [0.1, 0.15) is 12.0 Å². The number of aryl methyl sites for hydroxylation is 1. The number of halogens is 1. The normalized spacial score (nSPS) is 18.7. The van der Waals surface area contributed by atoms with Gasteiger partial charge in [0.15, 0.2) is 9.84 Å². The zero-order valence-corrected chi connectivity index (χ0v) is 15.9. The largest absolute Gasteiger partial charge is 0.330 e. The molecule has 0 bridgehead atoms. The van der Waals surface area contributed by atoms with E-state index in [2.05, 4.69) is 4.98 Å². The number of rotatable bonds is 4. The minimum atomic E-state index is -2.95. The van der Waals surface area contributed by atoms with Crippen molar-refractivity contribution in [3.8, 4) is 22.5 Å². The molecule has 0 aliphatic carbocycles. The van der Waals surface area contributed by atoms with Gasteiger partial charge in [0.1, 0.15) is 5.82 Å². The molecule has 4 nitrogen and oxygen atoms in total. The predicted molar refractivity (Wildman–Crippen MR) is 105 cm³/mol. The van der Waals surface area contributed by atoms with Crippen molar-refractivity contribution in [3.63, 3.8) is 0 Å². The van der Waals surface area contributed by atoms with Crippen molar-refractivity contribution >= 4 is 9.84 Å². The van der Waals surface area contributed by atoms with Crippen LogP contribution in [-0.2, 0) is 16.4 Å². The van der Waals surface area contributed by atoms with Gasteiger partial charge < -0.3 is 4.57 Å². The molecule has 0 N–H and O–H groups in total. The lowest BCUT2D eigenvalue weighted by atomic mass is 10.0. The Balaban J connectivity index is 1.81. The van der Waals surface area contributed by atoms with Gasteiger partial charge in [0.2, 0.25) is 0 Å². The molecule has 3 aromatic rings. The van der Waals surface area contributed by atoms with Crippen LogP contribution in [0, 0.1) is 18.7 Å². The molecule has 1 aromatic heterocycles. The van der Waals surface area contributed by atoms with Crippen LogP contribution in [-0.4, -0.2) is 29.5 Å². The molecule has 140 valence electrons. The predicted octanol–water partition coefficient (Wildman–Crippen LogP) is 4.10. The van der Waals surface area contributed by atoms with Crippen molar-refractivity contribution in [2.24, 2.45) is 5.92 Å². The topological polar surface area (TPSA) is 52.0 Å². The van der Waals surface area contributed by atoms with E-state index in [1.807, 2.05) is 47.9 Å². The fraction of sp³-hybridized carbons (Fsp3) is 0.286. The third-order valence-corrected chi connectivity index (χ3v) is 6.82. The van der Waals surface area contributed by atoms with Crippen molar-refractivity contribution in [3.05, 3.63) is 66.2 Å². The maximum atomic E-state index is 14.1. The summed E-state index contributed by atoms with van der Waals surface area (Å²) in [6.45, 7) is 2.42. The second-order valence-electron chi connectivity index (χ2n) is 7.25. The van der Waals surface area contributed by atoms with E-state index in [9.17, 15) is 12.8 Å². The van der Waals surface area contributed by atoms with Crippen molar-refractivity contribution in [2.75, 3.05) is 11.5 Å². The molecular formula is C21H21FN2O2S. The number of sulfone groups is 1. The van der Waals surface area contributed by atoms with Crippen LogP contribution in [0.3, 0.4) is 0 Å². The van der Waals surface area contributed by atoms with Crippen LogP contribution < -0.4 is 0 Å². The highest BCUT2D eigenvalue weighted by Crippen LogP contribution is 2.33. The van der Waals surface area contributed by atoms with Gasteiger partial charge in [-0.1, -0.05) is 30.3 Å². The lowest BCUT2D eigenvalue weighted by molar-refractivity contribution is 0.493. The zero-order chi connectivity index (χ0) is 19.0. The molecule has 1 saturated heterocycles. The molecule has 0 radical (unpaired) electrons.